The Morgan fingerprint density at radius 1 is 0.917 bits per heavy atom. The second-order valence-corrected chi connectivity index (χ2v) is 10.3. The molecule has 7 nitrogen and oxygen atoms in total. The molecule has 2 unspecified atom stereocenters. The van der Waals surface area contributed by atoms with Crippen LogP contribution in [0.25, 0.3) is 0 Å². The molecule has 36 heavy (non-hydrogen) atoms. The molecule has 186 valence electrons. The van der Waals surface area contributed by atoms with E-state index in [0.29, 0.717) is 5.69 Å². The van der Waals surface area contributed by atoms with Crippen LogP contribution in [0, 0.1) is 0 Å². The van der Waals surface area contributed by atoms with Crippen LogP contribution in [0.2, 0.25) is 0 Å². The number of hydrazone groups is 1. The standard InChI is InChI=1S/C28H28BrN3O4/c1-28(2,3)36-23(33)18-35-26-24(19-10-6-4-7-11-19)25(20-12-8-5-9-13-20)32(31-26)27(34)30-22-16-14-21(29)15-17-22/h4-17,24-25H,18H2,1-3H3,(H,30,34). The molecule has 0 saturated carbocycles. The molecular weight excluding hydrogens is 522 g/mol. The number of urea groups is 1. The minimum Gasteiger partial charge on any atom is -0.467 e. The zero-order valence-electron chi connectivity index (χ0n) is 20.4. The van der Waals surface area contributed by atoms with Crippen LogP contribution in [0.1, 0.15) is 43.9 Å². The van der Waals surface area contributed by atoms with E-state index in [0.717, 1.165) is 15.6 Å². The van der Waals surface area contributed by atoms with Crippen molar-refractivity contribution < 1.29 is 19.1 Å². The number of carbonyl (C=O) groups excluding carboxylic acids is 2. The summed E-state index contributed by atoms with van der Waals surface area (Å²) in [4.78, 5) is 25.9. The first-order valence-corrected chi connectivity index (χ1v) is 12.4. The molecule has 0 aromatic heterocycles. The summed E-state index contributed by atoms with van der Waals surface area (Å²) in [5.41, 5.74) is 1.79. The van der Waals surface area contributed by atoms with Crippen molar-refractivity contribution in [2.24, 2.45) is 5.10 Å². The summed E-state index contributed by atoms with van der Waals surface area (Å²) in [7, 11) is 0. The van der Waals surface area contributed by atoms with E-state index in [1.807, 2.05) is 72.8 Å². The SMILES string of the molecule is CC(C)(C)OC(=O)COC1=NN(C(=O)Nc2ccc(Br)cc2)C(c2ccccc2)C1c1ccccc1. The fourth-order valence-electron chi connectivity index (χ4n) is 3.98. The van der Waals surface area contributed by atoms with Gasteiger partial charge in [0.15, 0.2) is 6.61 Å². The van der Waals surface area contributed by atoms with Gasteiger partial charge < -0.3 is 14.8 Å². The summed E-state index contributed by atoms with van der Waals surface area (Å²) in [5, 5.41) is 8.88. The van der Waals surface area contributed by atoms with E-state index >= 15 is 0 Å². The Balaban J connectivity index is 1.69. The molecule has 0 saturated heterocycles. The highest BCUT2D eigenvalue weighted by atomic mass is 79.9. The largest absolute Gasteiger partial charge is 0.467 e. The quantitative estimate of drug-likeness (QED) is 0.368. The van der Waals surface area contributed by atoms with Crippen LogP contribution < -0.4 is 5.32 Å². The molecule has 2 amide bonds. The maximum atomic E-state index is 13.5. The van der Waals surface area contributed by atoms with Crippen LogP contribution in [0.4, 0.5) is 10.5 Å². The highest BCUT2D eigenvalue weighted by Gasteiger charge is 2.44. The summed E-state index contributed by atoms with van der Waals surface area (Å²) < 4.78 is 12.2. The second-order valence-electron chi connectivity index (χ2n) is 9.34. The lowest BCUT2D eigenvalue weighted by Gasteiger charge is -2.27. The number of anilines is 1. The lowest BCUT2D eigenvalue weighted by molar-refractivity contribution is -0.157. The third-order valence-corrected chi connectivity index (χ3v) is 5.94. The van der Waals surface area contributed by atoms with Gasteiger partial charge in [0.25, 0.3) is 0 Å². The molecule has 1 N–H and O–H groups in total. The summed E-state index contributed by atoms with van der Waals surface area (Å²) in [6.45, 7) is 5.07. The minimum atomic E-state index is -0.639. The van der Waals surface area contributed by atoms with Crippen LogP contribution in [-0.4, -0.2) is 35.1 Å². The number of nitrogens with one attached hydrogen (secondary N) is 1. The van der Waals surface area contributed by atoms with Crippen LogP contribution in [0.3, 0.4) is 0 Å². The van der Waals surface area contributed by atoms with Gasteiger partial charge in [0, 0.05) is 10.2 Å². The van der Waals surface area contributed by atoms with Gasteiger partial charge in [-0.3, -0.25) is 0 Å². The average Bonchev–Trinajstić information content (AvgIpc) is 3.24. The molecule has 8 heteroatoms. The first-order chi connectivity index (χ1) is 17.2. The molecular formula is C28H28BrN3O4. The number of hydrogen-bond acceptors (Lipinski definition) is 5. The highest BCUT2D eigenvalue weighted by molar-refractivity contribution is 9.10. The van der Waals surface area contributed by atoms with Crippen molar-refractivity contribution in [1.82, 2.24) is 5.01 Å². The van der Waals surface area contributed by atoms with Gasteiger partial charge in [-0.15, -0.1) is 5.10 Å². The predicted octanol–water partition coefficient (Wildman–Crippen LogP) is 6.49. The molecule has 0 bridgehead atoms. The molecule has 0 radical (unpaired) electrons. The molecule has 2 atom stereocenters. The van der Waals surface area contributed by atoms with Crippen molar-refractivity contribution in [1.29, 1.82) is 0 Å². The predicted molar refractivity (Wildman–Crippen MR) is 143 cm³/mol. The molecule has 3 aromatic carbocycles. The number of halogens is 1. The van der Waals surface area contributed by atoms with Crippen LogP contribution in [-0.2, 0) is 14.3 Å². The van der Waals surface area contributed by atoms with Gasteiger partial charge in [-0.1, -0.05) is 76.6 Å². The third kappa shape index (κ3) is 6.31. The van der Waals surface area contributed by atoms with Gasteiger partial charge in [0.05, 0.1) is 12.0 Å². The zero-order valence-corrected chi connectivity index (χ0v) is 21.9. The number of nitrogens with zero attached hydrogens (tertiary/aromatic N) is 2. The van der Waals surface area contributed by atoms with Gasteiger partial charge in [-0.05, 0) is 56.2 Å². The lowest BCUT2D eigenvalue weighted by Crippen LogP contribution is -2.33. The van der Waals surface area contributed by atoms with Crippen molar-refractivity contribution >= 4 is 39.5 Å². The van der Waals surface area contributed by atoms with E-state index < -0.39 is 29.6 Å². The Morgan fingerprint density at radius 2 is 1.50 bits per heavy atom. The van der Waals surface area contributed by atoms with Crippen molar-refractivity contribution in [3.63, 3.8) is 0 Å². The Morgan fingerprint density at radius 3 is 2.08 bits per heavy atom. The van der Waals surface area contributed by atoms with Crippen molar-refractivity contribution in [3.05, 3.63) is 101 Å². The van der Waals surface area contributed by atoms with E-state index in [2.05, 4.69) is 26.3 Å². The summed E-state index contributed by atoms with van der Waals surface area (Å²) in [6.07, 6.45) is 0. The molecule has 0 aliphatic carbocycles. The van der Waals surface area contributed by atoms with E-state index in [4.69, 9.17) is 9.47 Å². The zero-order chi connectivity index (χ0) is 25.7. The van der Waals surface area contributed by atoms with Crippen molar-refractivity contribution in [3.8, 4) is 0 Å². The maximum absolute atomic E-state index is 13.5. The third-order valence-electron chi connectivity index (χ3n) is 5.41. The molecule has 1 aliphatic heterocycles. The van der Waals surface area contributed by atoms with Gasteiger partial charge >= 0.3 is 12.0 Å². The summed E-state index contributed by atoms with van der Waals surface area (Å²) >= 11 is 3.41. The van der Waals surface area contributed by atoms with Crippen LogP contribution in [0.5, 0.6) is 0 Å². The van der Waals surface area contributed by atoms with Crippen LogP contribution in [0.15, 0.2) is 94.5 Å². The van der Waals surface area contributed by atoms with Crippen LogP contribution >= 0.6 is 15.9 Å². The van der Waals surface area contributed by atoms with Crippen molar-refractivity contribution in [2.45, 2.75) is 38.3 Å². The van der Waals surface area contributed by atoms with E-state index in [9.17, 15) is 9.59 Å². The van der Waals surface area contributed by atoms with E-state index in [1.54, 1.807) is 32.9 Å². The molecule has 1 aliphatic rings. The second kappa shape index (κ2) is 11.0. The Bertz CT molecular complexity index is 1230. The first-order valence-electron chi connectivity index (χ1n) is 11.6. The Kier molecular flexibility index (Phi) is 7.74. The normalized spacial score (nSPS) is 17.3. The fourth-order valence-corrected chi connectivity index (χ4v) is 4.25. The Hall–Kier alpha value is -3.65. The number of amides is 2. The highest BCUT2D eigenvalue weighted by Crippen LogP contribution is 2.42. The monoisotopic (exact) mass is 549 g/mol. The first kappa shape index (κ1) is 25.4. The number of hydrogen-bond donors (Lipinski definition) is 1. The smallest absolute Gasteiger partial charge is 0.344 e. The maximum Gasteiger partial charge on any atom is 0.344 e. The number of ether oxygens (including phenoxy) is 2. The average molecular weight is 550 g/mol. The number of benzene rings is 3. The molecule has 1 heterocycles. The number of esters is 1. The van der Waals surface area contributed by atoms with Gasteiger partial charge in [-0.25, -0.2) is 14.6 Å². The van der Waals surface area contributed by atoms with Gasteiger partial charge in [0.1, 0.15) is 5.60 Å². The van der Waals surface area contributed by atoms with Gasteiger partial charge in [-0.2, -0.15) is 0 Å². The summed E-state index contributed by atoms with van der Waals surface area (Å²) in [5.74, 6) is -0.662. The van der Waals surface area contributed by atoms with Gasteiger partial charge in [0.2, 0.25) is 5.90 Å². The van der Waals surface area contributed by atoms with Crippen molar-refractivity contribution in [2.75, 3.05) is 11.9 Å². The van der Waals surface area contributed by atoms with E-state index in [1.165, 1.54) is 5.01 Å². The topological polar surface area (TPSA) is 80.2 Å². The van der Waals surface area contributed by atoms with E-state index in [-0.39, 0.29) is 12.5 Å². The molecule has 3 aromatic rings. The molecule has 4 rings (SSSR count). The number of carbonyl (C=O) groups is 2. The summed E-state index contributed by atoms with van der Waals surface area (Å²) in [6, 6.07) is 25.7. The minimum absolute atomic E-state index is 0.270. The molecule has 0 spiro atoms. The number of rotatable bonds is 5. The Labute approximate surface area is 219 Å². The lowest BCUT2D eigenvalue weighted by atomic mass is 9.87. The fraction of sp³-hybridized carbons (Fsp3) is 0.250. The molecule has 0 fully saturated rings.